The molecule has 1 saturated carbocycles. The molecule has 2 unspecified atom stereocenters. The van der Waals surface area contributed by atoms with Crippen LogP contribution in [0.2, 0.25) is 0 Å². The molecule has 2 N–H and O–H groups in total. The van der Waals surface area contributed by atoms with Gasteiger partial charge in [-0.2, -0.15) is 0 Å². The second-order valence-electron chi connectivity index (χ2n) is 6.18. The largest absolute Gasteiger partial charge is 0.389 e. The first-order valence-electron chi connectivity index (χ1n) is 7.58. The monoisotopic (exact) mass is 257 g/mol. The van der Waals surface area contributed by atoms with Crippen LogP contribution in [0.5, 0.6) is 0 Å². The quantitative estimate of drug-likeness (QED) is 0.702. The first-order valence-corrected chi connectivity index (χ1v) is 7.58. The fraction of sp³-hybridized carbons (Fsp3) is 1.00. The van der Waals surface area contributed by atoms with Crippen molar-refractivity contribution >= 4 is 0 Å². The molecule has 0 aromatic heterocycles. The third-order valence-electron chi connectivity index (χ3n) is 3.79. The third-order valence-corrected chi connectivity index (χ3v) is 3.79. The van der Waals surface area contributed by atoms with Gasteiger partial charge in [0, 0.05) is 19.2 Å². The summed E-state index contributed by atoms with van der Waals surface area (Å²) in [5.41, 5.74) is 0. The van der Waals surface area contributed by atoms with Crippen LogP contribution in [0.3, 0.4) is 0 Å². The molecule has 0 saturated heterocycles. The number of ether oxygens (including phenoxy) is 1. The van der Waals surface area contributed by atoms with E-state index in [1.165, 1.54) is 32.1 Å². The average molecular weight is 257 g/mol. The van der Waals surface area contributed by atoms with Gasteiger partial charge in [-0.1, -0.05) is 33.1 Å². The zero-order valence-electron chi connectivity index (χ0n) is 12.3. The van der Waals surface area contributed by atoms with Crippen LogP contribution in [0, 0.1) is 11.8 Å². The Morgan fingerprint density at radius 1 is 1.11 bits per heavy atom. The summed E-state index contributed by atoms with van der Waals surface area (Å²) in [6.07, 6.45) is 6.44. The molecule has 1 rings (SSSR count). The predicted octanol–water partition coefficient (Wildman–Crippen LogP) is 2.58. The number of nitrogens with one attached hydrogen (secondary N) is 1. The van der Waals surface area contributed by atoms with Gasteiger partial charge in [-0.3, -0.25) is 0 Å². The summed E-state index contributed by atoms with van der Waals surface area (Å²) < 4.78 is 5.44. The predicted molar refractivity (Wildman–Crippen MR) is 75.7 cm³/mol. The van der Waals surface area contributed by atoms with Gasteiger partial charge in [-0.05, 0) is 31.6 Å². The molecule has 0 heterocycles. The van der Waals surface area contributed by atoms with Crippen LogP contribution >= 0.6 is 0 Å². The molecule has 0 spiro atoms. The summed E-state index contributed by atoms with van der Waals surface area (Å²) in [6, 6.07) is 0.519. The minimum absolute atomic E-state index is 0.380. The summed E-state index contributed by atoms with van der Waals surface area (Å²) >= 11 is 0. The van der Waals surface area contributed by atoms with E-state index in [0.29, 0.717) is 25.1 Å². The molecule has 1 aliphatic rings. The summed E-state index contributed by atoms with van der Waals surface area (Å²) in [5, 5.41) is 13.3. The average Bonchev–Trinajstić information content (AvgIpc) is 2.36. The zero-order chi connectivity index (χ0) is 13.4. The Labute approximate surface area is 112 Å². The van der Waals surface area contributed by atoms with E-state index >= 15 is 0 Å². The van der Waals surface area contributed by atoms with Gasteiger partial charge in [0.05, 0.1) is 12.7 Å². The van der Waals surface area contributed by atoms with Crippen LogP contribution < -0.4 is 5.32 Å². The third kappa shape index (κ3) is 6.72. The molecular formula is C15H31NO2. The highest BCUT2D eigenvalue weighted by Crippen LogP contribution is 2.26. The molecule has 3 nitrogen and oxygen atoms in total. The summed E-state index contributed by atoms with van der Waals surface area (Å²) in [7, 11) is 0. The van der Waals surface area contributed by atoms with Crippen molar-refractivity contribution in [1.82, 2.24) is 5.32 Å². The fourth-order valence-electron chi connectivity index (χ4n) is 2.62. The van der Waals surface area contributed by atoms with Gasteiger partial charge in [-0.25, -0.2) is 0 Å². The zero-order valence-corrected chi connectivity index (χ0v) is 12.3. The Bertz CT molecular complexity index is 203. The van der Waals surface area contributed by atoms with Crippen molar-refractivity contribution in [1.29, 1.82) is 0 Å². The van der Waals surface area contributed by atoms with E-state index in [9.17, 15) is 5.11 Å². The lowest BCUT2D eigenvalue weighted by Crippen LogP contribution is -2.40. The van der Waals surface area contributed by atoms with E-state index in [4.69, 9.17) is 4.74 Å². The van der Waals surface area contributed by atoms with Crippen molar-refractivity contribution in [3.63, 3.8) is 0 Å². The Morgan fingerprint density at radius 3 is 2.39 bits per heavy atom. The lowest BCUT2D eigenvalue weighted by atomic mass is 9.84. The molecule has 1 aliphatic carbocycles. The second kappa shape index (κ2) is 8.89. The van der Waals surface area contributed by atoms with E-state index in [2.05, 4.69) is 26.1 Å². The number of rotatable bonds is 8. The van der Waals surface area contributed by atoms with Gasteiger partial charge in [0.25, 0.3) is 0 Å². The van der Waals surface area contributed by atoms with Crippen LogP contribution in [-0.2, 0) is 4.74 Å². The molecule has 2 atom stereocenters. The maximum atomic E-state index is 9.82. The Kier molecular flexibility index (Phi) is 7.87. The Balaban J connectivity index is 2.07. The number of hydrogen-bond acceptors (Lipinski definition) is 3. The molecule has 0 aromatic carbocycles. The summed E-state index contributed by atoms with van der Waals surface area (Å²) in [4.78, 5) is 0. The van der Waals surface area contributed by atoms with E-state index in [0.717, 1.165) is 12.5 Å². The second-order valence-corrected chi connectivity index (χ2v) is 6.18. The molecule has 1 fully saturated rings. The summed E-state index contributed by atoms with van der Waals surface area (Å²) in [5.74, 6) is 1.33. The van der Waals surface area contributed by atoms with E-state index in [1.54, 1.807) is 0 Å². The van der Waals surface area contributed by atoms with Crippen LogP contribution in [0.1, 0.15) is 52.9 Å². The van der Waals surface area contributed by atoms with Crippen LogP contribution in [0.25, 0.3) is 0 Å². The van der Waals surface area contributed by atoms with Crippen LogP contribution in [-0.4, -0.2) is 37.0 Å². The van der Waals surface area contributed by atoms with Gasteiger partial charge < -0.3 is 15.2 Å². The molecular weight excluding hydrogens is 226 g/mol. The Hall–Kier alpha value is -0.120. The van der Waals surface area contributed by atoms with Crippen molar-refractivity contribution in [2.75, 3.05) is 19.8 Å². The van der Waals surface area contributed by atoms with Crippen molar-refractivity contribution in [3.05, 3.63) is 0 Å². The molecule has 3 heteroatoms. The molecule has 0 aromatic rings. The molecule has 108 valence electrons. The van der Waals surface area contributed by atoms with Gasteiger partial charge in [0.2, 0.25) is 0 Å². The molecule has 0 radical (unpaired) electrons. The Morgan fingerprint density at radius 2 is 1.78 bits per heavy atom. The van der Waals surface area contributed by atoms with Crippen molar-refractivity contribution in [2.24, 2.45) is 11.8 Å². The SMILES string of the molecule is CC(C)COCC(O)CNC(C)C1CCCCC1. The number of aliphatic hydroxyl groups is 1. The van der Waals surface area contributed by atoms with Crippen molar-refractivity contribution in [3.8, 4) is 0 Å². The smallest absolute Gasteiger partial charge is 0.0897 e. The lowest BCUT2D eigenvalue weighted by molar-refractivity contribution is 0.0240. The van der Waals surface area contributed by atoms with E-state index < -0.39 is 0 Å². The maximum Gasteiger partial charge on any atom is 0.0897 e. The lowest BCUT2D eigenvalue weighted by Gasteiger charge is -2.29. The first-order chi connectivity index (χ1) is 8.59. The highest BCUT2D eigenvalue weighted by molar-refractivity contribution is 4.76. The molecule has 0 bridgehead atoms. The normalized spacial score (nSPS) is 21.2. The van der Waals surface area contributed by atoms with Crippen molar-refractivity contribution in [2.45, 2.75) is 65.0 Å². The van der Waals surface area contributed by atoms with E-state index in [1.807, 2.05) is 0 Å². The fourth-order valence-corrected chi connectivity index (χ4v) is 2.62. The molecule has 0 amide bonds. The number of hydrogen-bond donors (Lipinski definition) is 2. The molecule has 18 heavy (non-hydrogen) atoms. The van der Waals surface area contributed by atoms with Gasteiger partial charge in [0.15, 0.2) is 0 Å². The van der Waals surface area contributed by atoms with Crippen LogP contribution in [0.15, 0.2) is 0 Å². The topological polar surface area (TPSA) is 41.5 Å². The highest BCUT2D eigenvalue weighted by atomic mass is 16.5. The minimum atomic E-state index is -0.380. The highest BCUT2D eigenvalue weighted by Gasteiger charge is 2.20. The van der Waals surface area contributed by atoms with Gasteiger partial charge in [-0.15, -0.1) is 0 Å². The maximum absolute atomic E-state index is 9.82. The van der Waals surface area contributed by atoms with Gasteiger partial charge in [0.1, 0.15) is 0 Å². The minimum Gasteiger partial charge on any atom is -0.389 e. The van der Waals surface area contributed by atoms with E-state index in [-0.39, 0.29) is 6.10 Å². The van der Waals surface area contributed by atoms with Crippen molar-refractivity contribution < 1.29 is 9.84 Å². The number of aliphatic hydroxyl groups excluding tert-OH is 1. The summed E-state index contributed by atoms with van der Waals surface area (Å²) in [6.45, 7) is 8.32. The molecule has 0 aliphatic heterocycles. The first kappa shape index (κ1) is 15.9. The standard InChI is InChI=1S/C15H31NO2/c1-12(2)10-18-11-15(17)9-16-13(3)14-7-5-4-6-8-14/h12-17H,4-11H2,1-3H3. The van der Waals surface area contributed by atoms with Gasteiger partial charge >= 0.3 is 0 Å². The van der Waals surface area contributed by atoms with Crippen LogP contribution in [0.4, 0.5) is 0 Å².